The number of hydrogen-bond donors (Lipinski definition) is 0. The predicted molar refractivity (Wildman–Crippen MR) is 71.2 cm³/mol. The van der Waals surface area contributed by atoms with Crippen LogP contribution in [0.2, 0.25) is 0 Å². The molecule has 0 saturated heterocycles. The zero-order chi connectivity index (χ0) is 15.7. The molecule has 1 aromatic rings. The van der Waals surface area contributed by atoms with Gasteiger partial charge < -0.3 is 0 Å². The van der Waals surface area contributed by atoms with Crippen LogP contribution in [0.4, 0.5) is 13.2 Å². The van der Waals surface area contributed by atoms with E-state index in [0.717, 1.165) is 5.56 Å². The summed E-state index contributed by atoms with van der Waals surface area (Å²) in [4.78, 5) is 0.0264. The van der Waals surface area contributed by atoms with Gasteiger partial charge in [0.2, 0.25) is 0 Å². The fourth-order valence-electron chi connectivity index (χ4n) is 2.48. The minimum atomic E-state index is -4.20. The van der Waals surface area contributed by atoms with Gasteiger partial charge in [-0.3, -0.25) is 4.18 Å². The summed E-state index contributed by atoms with van der Waals surface area (Å²) in [5.41, 5.74) is 0.915. The third-order valence-corrected chi connectivity index (χ3v) is 5.07. The third kappa shape index (κ3) is 4.20. The van der Waals surface area contributed by atoms with Gasteiger partial charge in [-0.15, -0.1) is 0 Å². The van der Waals surface area contributed by atoms with E-state index in [1.807, 2.05) is 6.92 Å². The molecule has 0 aliphatic heterocycles. The minimum Gasteiger partial charge on any atom is -0.266 e. The molecule has 118 valence electrons. The molecule has 21 heavy (non-hydrogen) atoms. The molecule has 0 aromatic heterocycles. The van der Waals surface area contributed by atoms with Crippen molar-refractivity contribution in [1.82, 2.24) is 0 Å². The lowest BCUT2D eigenvalue weighted by atomic mass is 10.1. The van der Waals surface area contributed by atoms with Crippen molar-refractivity contribution in [2.45, 2.75) is 37.3 Å². The Kier molecular flexibility index (Phi) is 4.63. The Balaban J connectivity index is 1.93. The van der Waals surface area contributed by atoms with Crippen LogP contribution in [-0.2, 0) is 14.3 Å². The first-order valence-electron chi connectivity index (χ1n) is 6.71. The van der Waals surface area contributed by atoms with E-state index >= 15 is 0 Å². The molecule has 7 heteroatoms. The van der Waals surface area contributed by atoms with Gasteiger partial charge in [0.15, 0.2) is 0 Å². The van der Waals surface area contributed by atoms with Crippen molar-refractivity contribution < 1.29 is 25.8 Å². The Morgan fingerprint density at radius 3 is 2.33 bits per heavy atom. The summed E-state index contributed by atoms with van der Waals surface area (Å²) >= 11 is 0. The summed E-state index contributed by atoms with van der Waals surface area (Å²) in [7, 11) is -3.90. The van der Waals surface area contributed by atoms with Crippen LogP contribution in [0.15, 0.2) is 29.2 Å². The van der Waals surface area contributed by atoms with Crippen LogP contribution in [0.5, 0.6) is 0 Å². The van der Waals surface area contributed by atoms with Gasteiger partial charge in [0.1, 0.15) is 0 Å². The molecule has 1 fully saturated rings. The fraction of sp³-hybridized carbons (Fsp3) is 0.571. The van der Waals surface area contributed by atoms with E-state index in [2.05, 4.69) is 0 Å². The van der Waals surface area contributed by atoms with Gasteiger partial charge in [-0.1, -0.05) is 17.7 Å². The van der Waals surface area contributed by atoms with Gasteiger partial charge >= 0.3 is 6.18 Å². The molecule has 2 atom stereocenters. The van der Waals surface area contributed by atoms with Gasteiger partial charge in [-0.25, -0.2) is 0 Å². The van der Waals surface area contributed by atoms with E-state index in [-0.39, 0.29) is 30.3 Å². The first-order valence-corrected chi connectivity index (χ1v) is 8.12. The maximum Gasteiger partial charge on any atom is 0.391 e. The highest BCUT2D eigenvalue weighted by Crippen LogP contribution is 2.41. The molecule has 1 aliphatic carbocycles. The fourth-order valence-corrected chi connectivity index (χ4v) is 3.46. The van der Waals surface area contributed by atoms with Crippen molar-refractivity contribution in [1.29, 1.82) is 0 Å². The molecule has 2 rings (SSSR count). The summed E-state index contributed by atoms with van der Waals surface area (Å²) < 4.78 is 66.4. The van der Waals surface area contributed by atoms with Crippen molar-refractivity contribution in [3.8, 4) is 0 Å². The second kappa shape index (κ2) is 5.96. The quantitative estimate of drug-likeness (QED) is 0.794. The summed E-state index contributed by atoms with van der Waals surface area (Å²) in [5.74, 6) is -1.70. The molecule has 1 aliphatic rings. The standard InChI is InChI=1S/C14H17F3O3S/c1-10-2-6-13(7-3-10)21(18,19)20-9-11-4-5-12(8-11)14(15,16)17/h2-3,6-7,11-12H,4-5,8-9H2,1H3/t11-,12-/m0/s1. The predicted octanol–water partition coefficient (Wildman–Crippen LogP) is 3.68. The molecule has 0 bridgehead atoms. The summed E-state index contributed by atoms with van der Waals surface area (Å²) in [6.07, 6.45) is -3.88. The van der Waals surface area contributed by atoms with E-state index in [0.29, 0.717) is 6.42 Å². The molecule has 1 saturated carbocycles. The van der Waals surface area contributed by atoms with Crippen LogP contribution in [0.25, 0.3) is 0 Å². The Morgan fingerprint density at radius 2 is 1.81 bits per heavy atom. The van der Waals surface area contributed by atoms with Crippen molar-refractivity contribution in [2.24, 2.45) is 11.8 Å². The summed E-state index contributed by atoms with van der Waals surface area (Å²) in [6, 6.07) is 6.15. The van der Waals surface area contributed by atoms with Crippen LogP contribution >= 0.6 is 0 Å². The van der Waals surface area contributed by atoms with Crippen molar-refractivity contribution in [2.75, 3.05) is 6.61 Å². The van der Waals surface area contributed by atoms with Gasteiger partial charge in [0.05, 0.1) is 17.4 Å². The van der Waals surface area contributed by atoms with E-state index < -0.39 is 22.2 Å². The van der Waals surface area contributed by atoms with Gasteiger partial charge in [-0.05, 0) is 44.2 Å². The first-order chi connectivity index (χ1) is 9.68. The largest absolute Gasteiger partial charge is 0.391 e. The average Bonchev–Trinajstić information content (AvgIpc) is 2.86. The number of alkyl halides is 3. The normalized spacial score (nSPS) is 23.4. The van der Waals surface area contributed by atoms with Crippen molar-refractivity contribution in [3.05, 3.63) is 29.8 Å². The SMILES string of the molecule is Cc1ccc(S(=O)(=O)OC[C@H]2CC[C@H](C(F)(F)F)C2)cc1. The van der Waals surface area contributed by atoms with Crippen molar-refractivity contribution in [3.63, 3.8) is 0 Å². The zero-order valence-electron chi connectivity index (χ0n) is 11.6. The lowest BCUT2D eigenvalue weighted by molar-refractivity contribution is -0.173. The summed E-state index contributed by atoms with van der Waals surface area (Å²) in [6.45, 7) is 1.63. The molecule has 0 radical (unpaired) electrons. The van der Waals surface area contributed by atoms with Gasteiger partial charge in [0.25, 0.3) is 10.1 Å². The Hall–Kier alpha value is -1.08. The van der Waals surface area contributed by atoms with Crippen LogP contribution in [-0.4, -0.2) is 21.2 Å². The van der Waals surface area contributed by atoms with E-state index in [9.17, 15) is 21.6 Å². The highest BCUT2D eigenvalue weighted by Gasteiger charge is 2.44. The average molecular weight is 322 g/mol. The number of rotatable bonds is 4. The Morgan fingerprint density at radius 1 is 1.19 bits per heavy atom. The molecular formula is C14H17F3O3S. The Bertz CT molecular complexity index is 578. The van der Waals surface area contributed by atoms with E-state index in [1.54, 1.807) is 12.1 Å². The van der Waals surface area contributed by atoms with Crippen LogP contribution in [0, 0.1) is 18.8 Å². The second-order valence-corrected chi connectivity index (χ2v) is 7.08. The maximum absolute atomic E-state index is 12.6. The molecule has 0 amide bonds. The third-order valence-electron chi connectivity index (χ3n) is 3.77. The smallest absolute Gasteiger partial charge is 0.266 e. The molecule has 3 nitrogen and oxygen atoms in total. The van der Waals surface area contributed by atoms with E-state index in [1.165, 1.54) is 12.1 Å². The Labute approximate surface area is 122 Å². The van der Waals surface area contributed by atoms with Gasteiger partial charge in [-0.2, -0.15) is 21.6 Å². The first kappa shape index (κ1) is 16.3. The van der Waals surface area contributed by atoms with Crippen molar-refractivity contribution >= 4 is 10.1 Å². The monoisotopic (exact) mass is 322 g/mol. The number of hydrogen-bond acceptors (Lipinski definition) is 3. The lowest BCUT2D eigenvalue weighted by Gasteiger charge is -2.14. The lowest BCUT2D eigenvalue weighted by Crippen LogP contribution is -2.21. The minimum absolute atomic E-state index is 0.0264. The second-order valence-electron chi connectivity index (χ2n) is 5.47. The molecular weight excluding hydrogens is 305 g/mol. The zero-order valence-corrected chi connectivity index (χ0v) is 12.4. The van der Waals surface area contributed by atoms with E-state index in [4.69, 9.17) is 4.18 Å². The van der Waals surface area contributed by atoms with Crippen LogP contribution in [0.3, 0.4) is 0 Å². The van der Waals surface area contributed by atoms with Gasteiger partial charge in [0, 0.05) is 0 Å². The number of halogens is 3. The molecule has 0 N–H and O–H groups in total. The topological polar surface area (TPSA) is 43.4 Å². The molecule has 0 unspecified atom stereocenters. The highest BCUT2D eigenvalue weighted by atomic mass is 32.2. The van der Waals surface area contributed by atoms with Crippen LogP contribution in [0.1, 0.15) is 24.8 Å². The molecule has 0 heterocycles. The molecule has 0 spiro atoms. The maximum atomic E-state index is 12.6. The highest BCUT2D eigenvalue weighted by molar-refractivity contribution is 7.86. The summed E-state index contributed by atoms with van der Waals surface area (Å²) in [5, 5.41) is 0. The number of aryl methyl sites for hydroxylation is 1. The number of benzene rings is 1. The van der Waals surface area contributed by atoms with Crippen LogP contribution < -0.4 is 0 Å². The molecule has 1 aromatic carbocycles.